The molecule has 0 radical (unpaired) electrons. The van der Waals surface area contributed by atoms with Crippen LogP contribution in [0.5, 0.6) is 0 Å². The van der Waals surface area contributed by atoms with Crippen LogP contribution in [0.3, 0.4) is 0 Å². The van der Waals surface area contributed by atoms with Crippen LogP contribution in [0.4, 0.5) is 0 Å². The lowest BCUT2D eigenvalue weighted by Gasteiger charge is -2.20. The number of nitrogens with one attached hydrogen (secondary N) is 1. The number of nitrogens with zero attached hydrogens (tertiary/aromatic N) is 2. The lowest BCUT2D eigenvalue weighted by molar-refractivity contribution is 0.188. The summed E-state index contributed by atoms with van der Waals surface area (Å²) in [6.45, 7) is 5.07. The van der Waals surface area contributed by atoms with Crippen molar-refractivity contribution in [1.29, 1.82) is 0 Å². The van der Waals surface area contributed by atoms with Gasteiger partial charge in [-0.25, -0.2) is 4.99 Å². The highest BCUT2D eigenvalue weighted by Gasteiger charge is 2.22. The molecule has 1 fully saturated rings. The molecule has 2 aromatic rings. The van der Waals surface area contributed by atoms with Crippen molar-refractivity contribution >= 4 is 17.7 Å². The first-order valence-corrected chi connectivity index (χ1v) is 9.59. The Morgan fingerprint density at radius 2 is 1.88 bits per heavy atom. The monoisotopic (exact) mass is 355 g/mol. The van der Waals surface area contributed by atoms with E-state index < -0.39 is 0 Å². The number of benzene rings is 2. The number of aliphatic hydroxyl groups excluding tert-OH is 1. The predicted molar refractivity (Wildman–Crippen MR) is 104 cm³/mol. The maximum absolute atomic E-state index is 9.73. The lowest BCUT2D eigenvalue weighted by Crippen LogP contribution is -2.40. The molecule has 0 aliphatic carbocycles. The Balaban J connectivity index is 1.61. The van der Waals surface area contributed by atoms with Crippen molar-refractivity contribution in [3.8, 4) is 0 Å². The molecule has 2 aromatic carbocycles. The van der Waals surface area contributed by atoms with Crippen molar-refractivity contribution in [1.82, 2.24) is 10.2 Å². The van der Waals surface area contributed by atoms with Crippen molar-refractivity contribution in [3.63, 3.8) is 0 Å². The van der Waals surface area contributed by atoms with Crippen LogP contribution in [-0.4, -0.2) is 41.7 Å². The molecule has 0 aromatic heterocycles. The Hall–Kier alpha value is -1.98. The summed E-state index contributed by atoms with van der Waals surface area (Å²) in [5.74, 6) is 0.891. The molecule has 0 bridgehead atoms. The summed E-state index contributed by atoms with van der Waals surface area (Å²) in [6.07, 6.45) is 0.577. The number of aliphatic imine (C=N–C) groups is 1. The number of β-amino-alcohol motifs (C(OH)–C–C–N with tert-alkyl or cyclic N) is 1. The van der Waals surface area contributed by atoms with E-state index in [1.54, 1.807) is 11.8 Å². The number of rotatable bonds is 5. The van der Waals surface area contributed by atoms with Crippen molar-refractivity contribution in [2.75, 3.05) is 19.6 Å². The lowest BCUT2D eigenvalue weighted by atomic mass is 10.2. The Morgan fingerprint density at radius 1 is 1.16 bits per heavy atom. The molecule has 0 amide bonds. The third-order valence-electron chi connectivity index (χ3n) is 4.11. The summed E-state index contributed by atoms with van der Waals surface area (Å²) in [4.78, 5) is 9.34. The first-order chi connectivity index (χ1) is 12.2. The average molecular weight is 356 g/mol. The highest BCUT2D eigenvalue weighted by Crippen LogP contribution is 2.27. The van der Waals surface area contributed by atoms with Crippen molar-refractivity contribution in [2.24, 2.45) is 4.99 Å². The molecule has 25 heavy (non-hydrogen) atoms. The standard InChI is InChI=1S/C20H25N3OS/c1-2-21-20(23-13-12-17(24)15-23)22-14-16-8-10-19(11-9-16)25-18-6-4-3-5-7-18/h3-11,17,24H,2,12-15H2,1H3,(H,21,22)/t17-/m1/s1. The molecule has 4 nitrogen and oxygen atoms in total. The van der Waals surface area contributed by atoms with Crippen molar-refractivity contribution < 1.29 is 5.11 Å². The third-order valence-corrected chi connectivity index (χ3v) is 5.13. The second-order valence-electron chi connectivity index (χ2n) is 6.12. The number of hydrogen-bond acceptors (Lipinski definition) is 3. The van der Waals surface area contributed by atoms with Gasteiger partial charge in [0.05, 0.1) is 12.6 Å². The molecule has 1 aliphatic rings. The van der Waals surface area contributed by atoms with Gasteiger partial charge in [0.1, 0.15) is 0 Å². The van der Waals surface area contributed by atoms with Crippen LogP contribution in [-0.2, 0) is 6.54 Å². The van der Waals surface area contributed by atoms with E-state index >= 15 is 0 Å². The Bertz CT molecular complexity index is 688. The predicted octanol–water partition coefficient (Wildman–Crippen LogP) is 3.37. The fourth-order valence-corrected chi connectivity index (χ4v) is 3.65. The van der Waals surface area contributed by atoms with Crippen molar-refractivity contribution in [3.05, 3.63) is 60.2 Å². The van der Waals surface area contributed by atoms with E-state index in [0.29, 0.717) is 13.1 Å². The first-order valence-electron chi connectivity index (χ1n) is 8.78. The van der Waals surface area contributed by atoms with Gasteiger partial charge in [0.2, 0.25) is 0 Å². The second kappa shape index (κ2) is 8.92. The quantitative estimate of drug-likeness (QED) is 0.638. The van der Waals surface area contributed by atoms with Crippen LogP contribution in [0, 0.1) is 0 Å². The largest absolute Gasteiger partial charge is 0.391 e. The normalized spacial score (nSPS) is 17.8. The number of hydrogen-bond donors (Lipinski definition) is 2. The van der Waals surface area contributed by atoms with Gasteiger partial charge in [-0.2, -0.15) is 0 Å². The average Bonchev–Trinajstić information content (AvgIpc) is 3.07. The van der Waals surface area contributed by atoms with E-state index in [-0.39, 0.29) is 6.10 Å². The smallest absolute Gasteiger partial charge is 0.194 e. The van der Waals surface area contributed by atoms with Crippen LogP contribution in [0.15, 0.2) is 69.4 Å². The van der Waals surface area contributed by atoms with Gasteiger partial charge in [-0.3, -0.25) is 0 Å². The molecule has 132 valence electrons. The fourth-order valence-electron chi connectivity index (χ4n) is 2.81. The summed E-state index contributed by atoms with van der Waals surface area (Å²) < 4.78 is 0. The molecule has 0 spiro atoms. The highest BCUT2D eigenvalue weighted by atomic mass is 32.2. The van der Waals surface area contributed by atoms with E-state index in [9.17, 15) is 5.11 Å². The molecule has 1 atom stereocenters. The minimum atomic E-state index is -0.238. The first kappa shape index (κ1) is 17.8. The topological polar surface area (TPSA) is 47.9 Å². The van der Waals surface area contributed by atoms with Gasteiger partial charge in [-0.05, 0) is 43.2 Å². The fraction of sp³-hybridized carbons (Fsp3) is 0.350. The molecule has 0 unspecified atom stereocenters. The zero-order valence-corrected chi connectivity index (χ0v) is 15.4. The Labute approximate surface area is 154 Å². The number of aliphatic hydroxyl groups is 1. The van der Waals surface area contributed by atoms with Crippen molar-refractivity contribution in [2.45, 2.75) is 35.8 Å². The van der Waals surface area contributed by atoms with Crippen LogP contribution < -0.4 is 5.32 Å². The van der Waals surface area contributed by atoms with Gasteiger partial charge in [0, 0.05) is 29.4 Å². The van der Waals surface area contributed by atoms with Gasteiger partial charge in [0.25, 0.3) is 0 Å². The van der Waals surface area contributed by atoms with Gasteiger partial charge in [-0.1, -0.05) is 42.1 Å². The Morgan fingerprint density at radius 3 is 2.52 bits per heavy atom. The van der Waals surface area contributed by atoms with Crippen LogP contribution in [0.25, 0.3) is 0 Å². The SMILES string of the molecule is CCNC(=NCc1ccc(Sc2ccccc2)cc1)N1CC[C@@H](O)C1. The molecule has 0 saturated carbocycles. The molecule has 5 heteroatoms. The van der Waals surface area contributed by atoms with Gasteiger partial charge >= 0.3 is 0 Å². The summed E-state index contributed by atoms with van der Waals surface area (Å²) in [6, 6.07) is 19.0. The summed E-state index contributed by atoms with van der Waals surface area (Å²) >= 11 is 1.77. The number of guanidine groups is 1. The van der Waals surface area contributed by atoms with Crippen LogP contribution in [0.1, 0.15) is 18.9 Å². The van der Waals surface area contributed by atoms with Gasteiger partial charge in [-0.15, -0.1) is 0 Å². The molecular weight excluding hydrogens is 330 g/mol. The van der Waals surface area contributed by atoms with Crippen LogP contribution >= 0.6 is 11.8 Å². The molecule has 2 N–H and O–H groups in total. The Kier molecular flexibility index (Phi) is 6.36. The van der Waals surface area contributed by atoms with Gasteiger partial charge in [0.15, 0.2) is 5.96 Å². The van der Waals surface area contributed by atoms with E-state index in [1.807, 2.05) is 6.07 Å². The summed E-state index contributed by atoms with van der Waals surface area (Å²) in [5.41, 5.74) is 1.19. The third kappa shape index (κ3) is 5.25. The maximum atomic E-state index is 9.73. The zero-order valence-electron chi connectivity index (χ0n) is 14.6. The summed E-state index contributed by atoms with van der Waals surface area (Å²) in [5, 5.41) is 13.0. The summed E-state index contributed by atoms with van der Waals surface area (Å²) in [7, 11) is 0. The van der Waals surface area contributed by atoms with E-state index in [0.717, 1.165) is 25.5 Å². The minimum absolute atomic E-state index is 0.238. The molecule has 1 saturated heterocycles. The molecule has 1 heterocycles. The van der Waals surface area contributed by atoms with E-state index in [1.165, 1.54) is 15.4 Å². The minimum Gasteiger partial charge on any atom is -0.391 e. The molecule has 3 rings (SSSR count). The van der Waals surface area contributed by atoms with Gasteiger partial charge < -0.3 is 15.3 Å². The highest BCUT2D eigenvalue weighted by molar-refractivity contribution is 7.99. The zero-order chi connectivity index (χ0) is 17.5. The molecule has 1 aliphatic heterocycles. The molecular formula is C20H25N3OS. The van der Waals surface area contributed by atoms with Crippen LogP contribution in [0.2, 0.25) is 0 Å². The van der Waals surface area contributed by atoms with E-state index in [2.05, 4.69) is 65.7 Å². The number of likely N-dealkylation sites (tertiary alicyclic amines) is 1. The van der Waals surface area contributed by atoms with E-state index in [4.69, 9.17) is 4.99 Å². The second-order valence-corrected chi connectivity index (χ2v) is 7.26. The maximum Gasteiger partial charge on any atom is 0.194 e.